The van der Waals surface area contributed by atoms with Crippen molar-refractivity contribution < 1.29 is 9.53 Å². The summed E-state index contributed by atoms with van der Waals surface area (Å²) in [5.41, 5.74) is 1.02. The van der Waals surface area contributed by atoms with Crippen molar-refractivity contribution in [2.45, 2.75) is 13.8 Å². The van der Waals surface area contributed by atoms with Gasteiger partial charge in [0.25, 0.3) is 0 Å². The summed E-state index contributed by atoms with van der Waals surface area (Å²) in [7, 11) is 0. The lowest BCUT2D eigenvalue weighted by Gasteiger charge is -1.95. The summed E-state index contributed by atoms with van der Waals surface area (Å²) < 4.78 is 4.65. The molecule has 0 spiro atoms. The van der Waals surface area contributed by atoms with Gasteiger partial charge in [-0.1, -0.05) is 18.2 Å². The summed E-state index contributed by atoms with van der Waals surface area (Å²) in [6.07, 6.45) is 3.51. The van der Waals surface area contributed by atoms with E-state index >= 15 is 0 Å². The summed E-state index contributed by atoms with van der Waals surface area (Å²) >= 11 is 0. The Hall–Kier alpha value is -1.05. The van der Waals surface area contributed by atoms with Crippen LogP contribution in [0.3, 0.4) is 0 Å². The zero-order valence-electron chi connectivity index (χ0n) is 6.39. The highest BCUT2D eigenvalue weighted by molar-refractivity contribution is 5.66. The number of allylic oxidation sites excluding steroid dienone is 2. The maximum Gasteiger partial charge on any atom is 0.302 e. The Bertz CT molecular complexity index is 157. The quantitative estimate of drug-likeness (QED) is 0.440. The van der Waals surface area contributed by atoms with Gasteiger partial charge in [-0.2, -0.15) is 0 Å². The summed E-state index contributed by atoms with van der Waals surface area (Å²) in [5, 5.41) is 0. The number of carbonyl (C=O) groups excluding carboxylic acids is 1. The highest BCUT2D eigenvalue weighted by Gasteiger charge is 1.87. The predicted molar refractivity (Wildman–Crippen MR) is 40.6 cm³/mol. The Balaban J connectivity index is 3.52. The van der Waals surface area contributed by atoms with Gasteiger partial charge < -0.3 is 4.74 Å². The second kappa shape index (κ2) is 4.79. The Morgan fingerprint density at radius 1 is 1.60 bits per heavy atom. The normalized spacial score (nSPS) is 10.8. The van der Waals surface area contributed by atoms with Gasteiger partial charge in [0.1, 0.15) is 6.61 Å². The molecular weight excluding hydrogens is 128 g/mol. The van der Waals surface area contributed by atoms with Gasteiger partial charge in [0.15, 0.2) is 0 Å². The molecule has 2 heteroatoms. The predicted octanol–water partition coefficient (Wildman–Crippen LogP) is 1.68. The largest absolute Gasteiger partial charge is 0.462 e. The van der Waals surface area contributed by atoms with Crippen molar-refractivity contribution in [3.63, 3.8) is 0 Å². The molecule has 0 saturated carbocycles. The first-order valence-electron chi connectivity index (χ1n) is 3.09. The highest BCUT2D eigenvalue weighted by atomic mass is 16.5. The van der Waals surface area contributed by atoms with Crippen molar-refractivity contribution >= 4 is 5.97 Å². The first kappa shape index (κ1) is 8.95. The summed E-state index contributed by atoms with van der Waals surface area (Å²) in [4.78, 5) is 10.2. The molecule has 2 nitrogen and oxygen atoms in total. The van der Waals surface area contributed by atoms with Gasteiger partial charge in [-0.25, -0.2) is 0 Å². The molecule has 0 aliphatic carbocycles. The van der Waals surface area contributed by atoms with E-state index in [1.165, 1.54) is 6.92 Å². The molecule has 0 saturated heterocycles. The molecule has 0 unspecified atom stereocenters. The van der Waals surface area contributed by atoms with Crippen LogP contribution in [0.1, 0.15) is 13.8 Å². The van der Waals surface area contributed by atoms with Crippen molar-refractivity contribution in [3.05, 3.63) is 24.3 Å². The van der Waals surface area contributed by atoms with Crippen molar-refractivity contribution in [2.24, 2.45) is 0 Å². The molecule has 0 rings (SSSR count). The fourth-order valence-electron chi connectivity index (χ4n) is 0.374. The van der Waals surface area contributed by atoms with Crippen LogP contribution in [0.15, 0.2) is 24.3 Å². The summed E-state index contributed by atoms with van der Waals surface area (Å²) in [6.45, 7) is 7.18. The lowest BCUT2D eigenvalue weighted by Crippen LogP contribution is -1.97. The second-order valence-corrected chi connectivity index (χ2v) is 1.95. The smallest absolute Gasteiger partial charge is 0.302 e. The number of carbonyl (C=O) groups is 1. The van der Waals surface area contributed by atoms with Crippen molar-refractivity contribution in [3.8, 4) is 0 Å². The van der Waals surface area contributed by atoms with E-state index in [2.05, 4.69) is 11.3 Å². The van der Waals surface area contributed by atoms with E-state index in [9.17, 15) is 4.79 Å². The SMILES string of the molecule is C=C/C(C)=C\COC(C)=O. The van der Waals surface area contributed by atoms with Gasteiger partial charge in [-0.05, 0) is 13.0 Å². The average Bonchev–Trinajstić information content (AvgIpc) is 1.87. The van der Waals surface area contributed by atoms with E-state index in [0.29, 0.717) is 6.61 Å². The van der Waals surface area contributed by atoms with Gasteiger partial charge >= 0.3 is 5.97 Å². The minimum absolute atomic E-state index is 0.256. The molecule has 0 fully saturated rings. The minimum Gasteiger partial charge on any atom is -0.462 e. The number of hydrogen-bond donors (Lipinski definition) is 0. The van der Waals surface area contributed by atoms with Crippen LogP contribution in [0.25, 0.3) is 0 Å². The Morgan fingerprint density at radius 2 is 2.20 bits per heavy atom. The van der Waals surface area contributed by atoms with E-state index in [1.54, 1.807) is 12.2 Å². The fraction of sp³-hybridized carbons (Fsp3) is 0.375. The third-order valence-corrected chi connectivity index (χ3v) is 1.01. The molecule has 56 valence electrons. The van der Waals surface area contributed by atoms with Gasteiger partial charge in [0.2, 0.25) is 0 Å². The molecule has 0 aromatic carbocycles. The minimum atomic E-state index is -0.256. The number of esters is 1. The molecule has 0 bridgehead atoms. The molecule has 0 aromatic heterocycles. The van der Waals surface area contributed by atoms with E-state index in [1.807, 2.05) is 6.92 Å². The molecule has 0 aliphatic heterocycles. The van der Waals surface area contributed by atoms with E-state index in [0.717, 1.165) is 5.57 Å². The summed E-state index contributed by atoms with van der Waals surface area (Å²) in [6, 6.07) is 0. The third kappa shape index (κ3) is 5.09. The molecule has 0 atom stereocenters. The standard InChI is InChI=1S/C8H12O2/c1-4-7(2)5-6-10-8(3)9/h4-5H,1,6H2,2-3H3/b7-5-. The second-order valence-electron chi connectivity index (χ2n) is 1.95. The first-order chi connectivity index (χ1) is 4.66. The van der Waals surface area contributed by atoms with Crippen molar-refractivity contribution in [1.82, 2.24) is 0 Å². The molecule has 0 heterocycles. The number of rotatable bonds is 3. The summed E-state index contributed by atoms with van der Waals surface area (Å²) in [5.74, 6) is -0.256. The van der Waals surface area contributed by atoms with E-state index in [-0.39, 0.29) is 5.97 Å². The fourth-order valence-corrected chi connectivity index (χ4v) is 0.374. The maximum absolute atomic E-state index is 10.2. The molecule has 0 aliphatic rings. The maximum atomic E-state index is 10.2. The van der Waals surface area contributed by atoms with E-state index < -0.39 is 0 Å². The van der Waals surface area contributed by atoms with Crippen LogP contribution in [0.5, 0.6) is 0 Å². The van der Waals surface area contributed by atoms with Gasteiger partial charge in [-0.3, -0.25) is 4.79 Å². The zero-order chi connectivity index (χ0) is 7.98. The average molecular weight is 140 g/mol. The van der Waals surface area contributed by atoms with E-state index in [4.69, 9.17) is 0 Å². The van der Waals surface area contributed by atoms with Crippen molar-refractivity contribution in [1.29, 1.82) is 0 Å². The molecule has 0 N–H and O–H groups in total. The van der Waals surface area contributed by atoms with Crippen LogP contribution < -0.4 is 0 Å². The van der Waals surface area contributed by atoms with Crippen LogP contribution in [-0.4, -0.2) is 12.6 Å². The zero-order valence-corrected chi connectivity index (χ0v) is 6.39. The topological polar surface area (TPSA) is 26.3 Å². The molecule has 0 amide bonds. The Morgan fingerprint density at radius 3 is 2.60 bits per heavy atom. The van der Waals surface area contributed by atoms with Crippen LogP contribution in [0.4, 0.5) is 0 Å². The van der Waals surface area contributed by atoms with Crippen LogP contribution in [0, 0.1) is 0 Å². The van der Waals surface area contributed by atoms with Gasteiger partial charge in [0.05, 0.1) is 0 Å². The van der Waals surface area contributed by atoms with Crippen LogP contribution in [-0.2, 0) is 9.53 Å². The lowest BCUT2D eigenvalue weighted by atomic mass is 10.3. The number of hydrogen-bond acceptors (Lipinski definition) is 2. The van der Waals surface area contributed by atoms with Crippen LogP contribution >= 0.6 is 0 Å². The Kier molecular flexibility index (Phi) is 4.29. The van der Waals surface area contributed by atoms with Gasteiger partial charge in [-0.15, -0.1) is 0 Å². The first-order valence-corrected chi connectivity index (χ1v) is 3.09. The highest BCUT2D eigenvalue weighted by Crippen LogP contribution is 1.91. The van der Waals surface area contributed by atoms with Crippen LogP contribution in [0.2, 0.25) is 0 Å². The lowest BCUT2D eigenvalue weighted by molar-refractivity contribution is -0.139. The molecule has 0 radical (unpaired) electrons. The third-order valence-electron chi connectivity index (χ3n) is 1.01. The molecular formula is C8H12O2. The van der Waals surface area contributed by atoms with Crippen molar-refractivity contribution in [2.75, 3.05) is 6.61 Å². The Labute approximate surface area is 61.2 Å². The molecule has 10 heavy (non-hydrogen) atoms. The molecule has 0 aromatic rings. The van der Waals surface area contributed by atoms with Gasteiger partial charge in [0, 0.05) is 6.92 Å². The number of ether oxygens (including phenoxy) is 1. The monoisotopic (exact) mass is 140 g/mol.